The average molecular weight is 352 g/mol. The van der Waals surface area contributed by atoms with Gasteiger partial charge in [0.25, 0.3) is 0 Å². The van der Waals surface area contributed by atoms with E-state index in [0.717, 1.165) is 26.5 Å². The van der Waals surface area contributed by atoms with E-state index >= 15 is 0 Å². The normalized spacial score (nSPS) is 11.1. The third kappa shape index (κ3) is 2.85. The molecule has 4 nitrogen and oxygen atoms in total. The van der Waals surface area contributed by atoms with E-state index in [2.05, 4.69) is 31.4 Å². The van der Waals surface area contributed by atoms with Crippen LogP contribution in [0.1, 0.15) is 11.4 Å². The summed E-state index contributed by atoms with van der Waals surface area (Å²) < 4.78 is 2.99. The fraction of sp³-hybridized carbons (Fsp3) is 0.143. The Morgan fingerprint density at radius 2 is 2.05 bits per heavy atom. The van der Waals surface area contributed by atoms with E-state index < -0.39 is 0 Å². The first kappa shape index (κ1) is 13.5. The summed E-state index contributed by atoms with van der Waals surface area (Å²) in [6, 6.07) is 11.7. The SMILES string of the molecule is Clc1ccc(Br)cc1CNCc1nnc2ccccn12. The summed E-state index contributed by atoms with van der Waals surface area (Å²) in [6.45, 7) is 1.31. The highest BCUT2D eigenvalue weighted by molar-refractivity contribution is 9.10. The molecule has 0 spiro atoms. The lowest BCUT2D eigenvalue weighted by atomic mass is 10.2. The van der Waals surface area contributed by atoms with Gasteiger partial charge in [0.1, 0.15) is 0 Å². The van der Waals surface area contributed by atoms with E-state index in [1.807, 2.05) is 47.0 Å². The van der Waals surface area contributed by atoms with Gasteiger partial charge in [-0.25, -0.2) is 0 Å². The largest absolute Gasteiger partial charge is 0.306 e. The molecule has 0 fully saturated rings. The van der Waals surface area contributed by atoms with E-state index in [-0.39, 0.29) is 0 Å². The Balaban J connectivity index is 1.69. The van der Waals surface area contributed by atoms with Crippen molar-refractivity contribution in [3.05, 3.63) is 63.5 Å². The van der Waals surface area contributed by atoms with Crippen molar-refractivity contribution >= 4 is 33.2 Å². The number of aromatic nitrogens is 3. The van der Waals surface area contributed by atoms with Crippen molar-refractivity contribution in [3.8, 4) is 0 Å². The predicted octanol–water partition coefficient (Wildman–Crippen LogP) is 3.44. The van der Waals surface area contributed by atoms with Gasteiger partial charge in [0.05, 0.1) is 6.54 Å². The molecular formula is C14H12BrClN4. The Morgan fingerprint density at radius 3 is 2.95 bits per heavy atom. The van der Waals surface area contributed by atoms with Gasteiger partial charge in [0.2, 0.25) is 0 Å². The van der Waals surface area contributed by atoms with Gasteiger partial charge in [0.15, 0.2) is 11.5 Å². The number of nitrogens with zero attached hydrogens (tertiary/aromatic N) is 3. The van der Waals surface area contributed by atoms with Gasteiger partial charge >= 0.3 is 0 Å². The molecule has 20 heavy (non-hydrogen) atoms. The van der Waals surface area contributed by atoms with Crippen molar-refractivity contribution in [1.29, 1.82) is 0 Å². The van der Waals surface area contributed by atoms with Gasteiger partial charge in [0, 0.05) is 22.2 Å². The average Bonchev–Trinajstić information content (AvgIpc) is 2.86. The molecular weight excluding hydrogens is 340 g/mol. The molecule has 3 rings (SSSR count). The zero-order valence-corrected chi connectivity index (χ0v) is 12.9. The van der Waals surface area contributed by atoms with Gasteiger partial charge in [-0.2, -0.15) is 0 Å². The molecule has 0 saturated heterocycles. The molecule has 6 heteroatoms. The molecule has 102 valence electrons. The fourth-order valence-electron chi connectivity index (χ4n) is 2.00. The van der Waals surface area contributed by atoms with E-state index in [4.69, 9.17) is 11.6 Å². The monoisotopic (exact) mass is 350 g/mol. The smallest absolute Gasteiger partial charge is 0.160 e. The van der Waals surface area contributed by atoms with Crippen LogP contribution in [0.2, 0.25) is 5.02 Å². The summed E-state index contributed by atoms with van der Waals surface area (Å²) in [5.74, 6) is 0.881. The number of nitrogens with one attached hydrogen (secondary N) is 1. The number of fused-ring (bicyclic) bond motifs is 1. The minimum atomic E-state index is 0.633. The topological polar surface area (TPSA) is 42.2 Å². The summed E-state index contributed by atoms with van der Waals surface area (Å²) in [5, 5.41) is 12.4. The first-order chi connectivity index (χ1) is 9.74. The molecule has 0 bridgehead atoms. The Labute approximate surface area is 129 Å². The third-order valence-corrected chi connectivity index (χ3v) is 3.85. The molecule has 1 aromatic carbocycles. The van der Waals surface area contributed by atoms with Crippen molar-refractivity contribution in [2.75, 3.05) is 0 Å². The molecule has 2 heterocycles. The highest BCUT2D eigenvalue weighted by Crippen LogP contribution is 2.20. The maximum atomic E-state index is 6.16. The van der Waals surface area contributed by atoms with E-state index in [0.29, 0.717) is 13.1 Å². The maximum absolute atomic E-state index is 6.16. The van der Waals surface area contributed by atoms with Crippen LogP contribution in [-0.4, -0.2) is 14.6 Å². The zero-order chi connectivity index (χ0) is 13.9. The second kappa shape index (κ2) is 5.91. The molecule has 0 aliphatic heterocycles. The van der Waals surface area contributed by atoms with Crippen LogP contribution in [-0.2, 0) is 13.1 Å². The van der Waals surface area contributed by atoms with Gasteiger partial charge < -0.3 is 5.32 Å². The predicted molar refractivity (Wildman–Crippen MR) is 82.7 cm³/mol. The molecule has 0 radical (unpaired) electrons. The van der Waals surface area contributed by atoms with Crippen LogP contribution < -0.4 is 5.32 Å². The van der Waals surface area contributed by atoms with Crippen LogP contribution in [0.25, 0.3) is 5.65 Å². The quantitative estimate of drug-likeness (QED) is 0.783. The van der Waals surface area contributed by atoms with E-state index in [9.17, 15) is 0 Å². The van der Waals surface area contributed by atoms with Crippen molar-refractivity contribution in [2.24, 2.45) is 0 Å². The molecule has 2 aromatic heterocycles. The molecule has 3 aromatic rings. The number of pyridine rings is 1. The van der Waals surface area contributed by atoms with Crippen molar-refractivity contribution in [2.45, 2.75) is 13.1 Å². The second-order valence-electron chi connectivity index (χ2n) is 4.38. The second-order valence-corrected chi connectivity index (χ2v) is 5.71. The summed E-state index contributed by atoms with van der Waals surface area (Å²) in [4.78, 5) is 0. The molecule has 0 aliphatic rings. The summed E-state index contributed by atoms with van der Waals surface area (Å²) in [7, 11) is 0. The Bertz CT molecular complexity index is 741. The number of rotatable bonds is 4. The Hall–Kier alpha value is -1.43. The first-order valence-corrected chi connectivity index (χ1v) is 7.34. The lowest BCUT2D eigenvalue weighted by Crippen LogP contribution is -2.15. The lowest BCUT2D eigenvalue weighted by molar-refractivity contribution is 0.656. The highest BCUT2D eigenvalue weighted by Gasteiger charge is 2.05. The first-order valence-electron chi connectivity index (χ1n) is 6.17. The van der Waals surface area contributed by atoms with Crippen LogP contribution in [0.4, 0.5) is 0 Å². The van der Waals surface area contributed by atoms with Crippen molar-refractivity contribution in [3.63, 3.8) is 0 Å². The van der Waals surface area contributed by atoms with E-state index in [1.54, 1.807) is 0 Å². The highest BCUT2D eigenvalue weighted by atomic mass is 79.9. The summed E-state index contributed by atoms with van der Waals surface area (Å²) in [6.07, 6.45) is 1.96. The standard InChI is InChI=1S/C14H12BrClN4/c15-11-4-5-12(16)10(7-11)8-17-9-14-19-18-13-3-1-2-6-20(13)14/h1-7,17H,8-9H2. The maximum Gasteiger partial charge on any atom is 0.160 e. The summed E-state index contributed by atoms with van der Waals surface area (Å²) >= 11 is 9.60. The number of benzene rings is 1. The molecule has 0 unspecified atom stereocenters. The fourth-order valence-corrected chi connectivity index (χ4v) is 2.59. The molecule has 0 saturated carbocycles. The zero-order valence-electron chi connectivity index (χ0n) is 10.6. The third-order valence-electron chi connectivity index (χ3n) is 2.99. The van der Waals surface area contributed by atoms with Gasteiger partial charge in [-0.1, -0.05) is 33.6 Å². The van der Waals surface area contributed by atoms with Gasteiger partial charge in [-0.05, 0) is 35.9 Å². The van der Waals surface area contributed by atoms with Crippen LogP contribution in [0.5, 0.6) is 0 Å². The van der Waals surface area contributed by atoms with Gasteiger partial charge in [-0.3, -0.25) is 4.40 Å². The van der Waals surface area contributed by atoms with Crippen LogP contribution in [0.3, 0.4) is 0 Å². The van der Waals surface area contributed by atoms with Crippen LogP contribution >= 0.6 is 27.5 Å². The van der Waals surface area contributed by atoms with E-state index in [1.165, 1.54) is 0 Å². The minimum absolute atomic E-state index is 0.633. The number of halogens is 2. The Morgan fingerprint density at radius 1 is 1.15 bits per heavy atom. The van der Waals surface area contributed by atoms with Crippen LogP contribution in [0, 0.1) is 0 Å². The summed E-state index contributed by atoms with van der Waals surface area (Å²) in [5.41, 5.74) is 1.90. The van der Waals surface area contributed by atoms with Gasteiger partial charge in [-0.15, -0.1) is 10.2 Å². The van der Waals surface area contributed by atoms with Crippen molar-refractivity contribution in [1.82, 2.24) is 19.9 Å². The molecule has 0 amide bonds. The minimum Gasteiger partial charge on any atom is -0.306 e. The Kier molecular flexibility index (Phi) is 4.00. The van der Waals surface area contributed by atoms with Crippen molar-refractivity contribution < 1.29 is 0 Å². The molecule has 1 N–H and O–H groups in total. The lowest BCUT2D eigenvalue weighted by Gasteiger charge is -2.06. The number of hydrogen-bond acceptors (Lipinski definition) is 3. The molecule has 0 atom stereocenters. The molecule has 0 aliphatic carbocycles. The van der Waals surface area contributed by atoms with Crippen LogP contribution in [0.15, 0.2) is 47.1 Å². The number of hydrogen-bond donors (Lipinski definition) is 1.